The Kier molecular flexibility index (Phi) is 3.49. The van der Waals surface area contributed by atoms with Gasteiger partial charge < -0.3 is 15.1 Å². The number of aliphatic carboxylic acids is 1. The molecular weight excluding hydrogens is 158 g/mol. The van der Waals surface area contributed by atoms with Crippen LogP contribution >= 0.6 is 0 Å². The predicted octanol–water partition coefficient (Wildman–Crippen LogP) is -0.225. The first-order chi connectivity index (χ1) is 5.72. The molecule has 1 rings (SSSR count). The summed E-state index contributed by atoms with van der Waals surface area (Å²) < 4.78 is 0. The normalized spacial score (nSPS) is 24.6. The third-order valence-electron chi connectivity index (χ3n) is 2.27. The van der Waals surface area contributed by atoms with Gasteiger partial charge in [-0.2, -0.15) is 0 Å². The summed E-state index contributed by atoms with van der Waals surface area (Å²) in [5.41, 5.74) is 0. The maximum absolute atomic E-state index is 10.2. The Labute approximate surface area is 71.8 Å². The Morgan fingerprint density at radius 3 is 2.83 bits per heavy atom. The molecule has 4 nitrogen and oxygen atoms in total. The lowest BCUT2D eigenvalue weighted by Crippen LogP contribution is -2.24. The highest BCUT2D eigenvalue weighted by Crippen LogP contribution is 2.14. The summed E-state index contributed by atoms with van der Waals surface area (Å²) in [7, 11) is 0. The second-order valence-electron chi connectivity index (χ2n) is 3.28. The molecule has 1 heterocycles. The summed E-state index contributed by atoms with van der Waals surface area (Å²) in [5.74, 6) is -0.388. The first-order valence-electron chi connectivity index (χ1n) is 4.27. The molecule has 12 heavy (non-hydrogen) atoms. The van der Waals surface area contributed by atoms with E-state index in [1.807, 2.05) is 0 Å². The zero-order valence-electron chi connectivity index (χ0n) is 7.07. The van der Waals surface area contributed by atoms with Crippen LogP contribution in [0.2, 0.25) is 0 Å². The van der Waals surface area contributed by atoms with Crippen LogP contribution < -0.4 is 0 Å². The van der Waals surface area contributed by atoms with Crippen molar-refractivity contribution >= 4 is 5.97 Å². The van der Waals surface area contributed by atoms with Crippen LogP contribution in [0, 0.1) is 5.92 Å². The van der Waals surface area contributed by atoms with Crippen LogP contribution in [0.4, 0.5) is 0 Å². The molecule has 0 aromatic rings. The standard InChI is InChI=1S/C8H15NO3/c10-6-7-1-3-9(5-7)4-2-8(11)12/h7,10H,1-6H2,(H,11,12)/t7-/m1/s1. The molecule has 0 aliphatic carbocycles. The molecular formula is C8H15NO3. The third-order valence-corrected chi connectivity index (χ3v) is 2.27. The highest BCUT2D eigenvalue weighted by molar-refractivity contribution is 5.66. The lowest BCUT2D eigenvalue weighted by Gasteiger charge is -2.13. The molecule has 0 unspecified atom stereocenters. The molecule has 1 fully saturated rings. The number of hydrogen-bond acceptors (Lipinski definition) is 3. The zero-order valence-corrected chi connectivity index (χ0v) is 7.07. The molecule has 70 valence electrons. The second kappa shape index (κ2) is 4.42. The Bertz CT molecular complexity index is 160. The maximum atomic E-state index is 10.2. The number of likely N-dealkylation sites (tertiary alicyclic amines) is 1. The van der Waals surface area contributed by atoms with Gasteiger partial charge in [0.25, 0.3) is 0 Å². The Hall–Kier alpha value is -0.610. The van der Waals surface area contributed by atoms with Gasteiger partial charge in [-0.3, -0.25) is 4.79 Å². The minimum atomic E-state index is -0.748. The molecule has 4 heteroatoms. The quantitative estimate of drug-likeness (QED) is 0.616. The molecule has 0 saturated carbocycles. The fraction of sp³-hybridized carbons (Fsp3) is 0.875. The van der Waals surface area contributed by atoms with Gasteiger partial charge in [-0.1, -0.05) is 0 Å². The number of hydrogen-bond donors (Lipinski definition) is 2. The second-order valence-corrected chi connectivity index (χ2v) is 3.28. The summed E-state index contributed by atoms with van der Waals surface area (Å²) in [4.78, 5) is 12.3. The van der Waals surface area contributed by atoms with Crippen LogP contribution in [0.5, 0.6) is 0 Å². The Morgan fingerprint density at radius 1 is 1.58 bits per heavy atom. The fourth-order valence-electron chi connectivity index (χ4n) is 1.52. The van der Waals surface area contributed by atoms with Crippen molar-refractivity contribution in [2.75, 3.05) is 26.2 Å². The highest BCUT2D eigenvalue weighted by Gasteiger charge is 2.21. The van der Waals surface area contributed by atoms with Crippen molar-refractivity contribution in [3.8, 4) is 0 Å². The fourth-order valence-corrected chi connectivity index (χ4v) is 1.52. The molecule has 0 spiro atoms. The maximum Gasteiger partial charge on any atom is 0.304 e. The lowest BCUT2D eigenvalue weighted by atomic mass is 10.1. The first kappa shape index (κ1) is 9.48. The van der Waals surface area contributed by atoms with Crippen LogP contribution in [0.3, 0.4) is 0 Å². The summed E-state index contributed by atoms with van der Waals surface area (Å²) in [6.45, 7) is 2.62. The van der Waals surface area contributed by atoms with E-state index in [4.69, 9.17) is 10.2 Å². The zero-order chi connectivity index (χ0) is 8.97. The van der Waals surface area contributed by atoms with Gasteiger partial charge in [-0.15, -0.1) is 0 Å². The number of carboxylic acid groups (broad SMARTS) is 1. The van der Waals surface area contributed by atoms with E-state index in [1.165, 1.54) is 0 Å². The van der Waals surface area contributed by atoms with Gasteiger partial charge in [0.1, 0.15) is 0 Å². The van der Waals surface area contributed by atoms with E-state index in [9.17, 15) is 4.79 Å². The molecule has 0 aromatic heterocycles. The average Bonchev–Trinajstić information content (AvgIpc) is 2.48. The lowest BCUT2D eigenvalue weighted by molar-refractivity contribution is -0.137. The summed E-state index contributed by atoms with van der Waals surface area (Å²) in [5, 5.41) is 17.2. The molecule has 1 aliphatic heterocycles. The molecule has 1 atom stereocenters. The van der Waals surface area contributed by atoms with E-state index in [0.717, 1.165) is 19.5 Å². The SMILES string of the molecule is O=C(O)CCN1CC[C@@H](CO)C1. The number of carboxylic acids is 1. The van der Waals surface area contributed by atoms with Crippen molar-refractivity contribution < 1.29 is 15.0 Å². The van der Waals surface area contributed by atoms with Gasteiger partial charge in [0.05, 0.1) is 6.42 Å². The van der Waals surface area contributed by atoms with Gasteiger partial charge in [0.15, 0.2) is 0 Å². The van der Waals surface area contributed by atoms with E-state index in [1.54, 1.807) is 0 Å². The molecule has 1 aliphatic rings. The molecule has 1 saturated heterocycles. The van der Waals surface area contributed by atoms with Crippen LogP contribution in [-0.4, -0.2) is 47.3 Å². The number of nitrogens with zero attached hydrogens (tertiary/aromatic N) is 1. The molecule has 0 aromatic carbocycles. The van der Waals surface area contributed by atoms with Crippen molar-refractivity contribution in [1.82, 2.24) is 4.90 Å². The number of aliphatic hydroxyl groups is 1. The van der Waals surface area contributed by atoms with Gasteiger partial charge in [0, 0.05) is 19.7 Å². The van der Waals surface area contributed by atoms with E-state index in [0.29, 0.717) is 12.5 Å². The molecule has 2 N–H and O–H groups in total. The van der Waals surface area contributed by atoms with Crippen LogP contribution in [0.15, 0.2) is 0 Å². The molecule has 0 bridgehead atoms. The van der Waals surface area contributed by atoms with Crippen molar-refractivity contribution in [1.29, 1.82) is 0 Å². The number of carbonyl (C=O) groups is 1. The highest BCUT2D eigenvalue weighted by atomic mass is 16.4. The summed E-state index contributed by atoms with van der Waals surface area (Å²) in [6.07, 6.45) is 1.20. The average molecular weight is 173 g/mol. The Balaban J connectivity index is 2.15. The minimum Gasteiger partial charge on any atom is -0.481 e. The molecule has 0 amide bonds. The third kappa shape index (κ3) is 2.79. The summed E-state index contributed by atoms with van der Waals surface area (Å²) in [6, 6.07) is 0. The van der Waals surface area contributed by atoms with E-state index in [-0.39, 0.29) is 13.0 Å². The largest absolute Gasteiger partial charge is 0.481 e. The van der Waals surface area contributed by atoms with E-state index >= 15 is 0 Å². The number of rotatable bonds is 4. The van der Waals surface area contributed by atoms with Gasteiger partial charge in [-0.25, -0.2) is 0 Å². The van der Waals surface area contributed by atoms with Gasteiger partial charge in [-0.05, 0) is 18.9 Å². The van der Waals surface area contributed by atoms with Crippen molar-refractivity contribution in [2.45, 2.75) is 12.8 Å². The van der Waals surface area contributed by atoms with E-state index in [2.05, 4.69) is 4.90 Å². The monoisotopic (exact) mass is 173 g/mol. The van der Waals surface area contributed by atoms with Crippen molar-refractivity contribution in [3.63, 3.8) is 0 Å². The first-order valence-corrected chi connectivity index (χ1v) is 4.27. The summed E-state index contributed by atoms with van der Waals surface area (Å²) >= 11 is 0. The predicted molar refractivity (Wildman–Crippen MR) is 43.9 cm³/mol. The smallest absolute Gasteiger partial charge is 0.304 e. The van der Waals surface area contributed by atoms with E-state index < -0.39 is 5.97 Å². The van der Waals surface area contributed by atoms with Crippen LogP contribution in [0.1, 0.15) is 12.8 Å². The minimum absolute atomic E-state index is 0.206. The van der Waals surface area contributed by atoms with Crippen molar-refractivity contribution in [2.24, 2.45) is 5.92 Å². The van der Waals surface area contributed by atoms with Crippen molar-refractivity contribution in [3.05, 3.63) is 0 Å². The number of aliphatic hydroxyl groups excluding tert-OH is 1. The topological polar surface area (TPSA) is 60.8 Å². The van der Waals surface area contributed by atoms with Gasteiger partial charge in [0.2, 0.25) is 0 Å². The van der Waals surface area contributed by atoms with Crippen LogP contribution in [-0.2, 0) is 4.79 Å². The van der Waals surface area contributed by atoms with Crippen LogP contribution in [0.25, 0.3) is 0 Å². The molecule has 0 radical (unpaired) electrons. The Morgan fingerprint density at radius 2 is 2.33 bits per heavy atom. The van der Waals surface area contributed by atoms with Gasteiger partial charge >= 0.3 is 5.97 Å².